The molecule has 0 radical (unpaired) electrons. The molecule has 1 aliphatic heterocycles. The van der Waals surface area contributed by atoms with Gasteiger partial charge in [0.25, 0.3) is 0 Å². The van der Waals surface area contributed by atoms with Gasteiger partial charge in [0, 0.05) is 6.54 Å². The highest BCUT2D eigenvalue weighted by Crippen LogP contribution is 2.28. The first kappa shape index (κ1) is 14.6. The predicted octanol–water partition coefficient (Wildman–Crippen LogP) is 2.74. The minimum absolute atomic E-state index is 0.0853. The van der Waals surface area contributed by atoms with Gasteiger partial charge in [-0.25, -0.2) is 0 Å². The molecule has 0 spiro atoms. The maximum atomic E-state index is 12.5. The molecule has 2 aliphatic rings. The van der Waals surface area contributed by atoms with Crippen molar-refractivity contribution in [1.82, 2.24) is 10.6 Å². The molecular formula is C18H26N2O. The van der Waals surface area contributed by atoms with Crippen molar-refractivity contribution in [3.8, 4) is 0 Å². The van der Waals surface area contributed by atoms with Crippen LogP contribution in [0.3, 0.4) is 0 Å². The van der Waals surface area contributed by atoms with Crippen LogP contribution < -0.4 is 10.6 Å². The number of fused-ring (bicyclic) bond motifs is 1. The fraction of sp³-hybridized carbons (Fsp3) is 0.611. The normalized spacial score (nSPS) is 26.2. The Morgan fingerprint density at radius 3 is 2.76 bits per heavy atom. The molecule has 21 heavy (non-hydrogen) atoms. The second-order valence-corrected chi connectivity index (χ2v) is 6.92. The van der Waals surface area contributed by atoms with E-state index >= 15 is 0 Å². The van der Waals surface area contributed by atoms with E-state index in [1.165, 1.54) is 42.4 Å². The molecule has 1 aliphatic carbocycles. The summed E-state index contributed by atoms with van der Waals surface area (Å²) in [5, 5.41) is 6.49. The summed E-state index contributed by atoms with van der Waals surface area (Å²) in [5.74, 6) is 0.178. The van der Waals surface area contributed by atoms with Crippen molar-refractivity contribution < 1.29 is 4.79 Å². The molecule has 3 heteroatoms. The van der Waals surface area contributed by atoms with Gasteiger partial charge in [-0.15, -0.1) is 0 Å². The van der Waals surface area contributed by atoms with Gasteiger partial charge in [-0.3, -0.25) is 4.79 Å². The van der Waals surface area contributed by atoms with E-state index in [2.05, 4.69) is 42.7 Å². The molecule has 1 aromatic carbocycles. The molecule has 114 valence electrons. The van der Waals surface area contributed by atoms with Crippen molar-refractivity contribution in [3.63, 3.8) is 0 Å². The van der Waals surface area contributed by atoms with Crippen LogP contribution in [-0.4, -0.2) is 19.0 Å². The molecule has 2 N–H and O–H groups in total. The molecule has 1 heterocycles. The fourth-order valence-corrected chi connectivity index (χ4v) is 3.49. The van der Waals surface area contributed by atoms with Gasteiger partial charge < -0.3 is 10.6 Å². The largest absolute Gasteiger partial charge is 0.349 e. The van der Waals surface area contributed by atoms with Crippen molar-refractivity contribution in [3.05, 3.63) is 34.9 Å². The quantitative estimate of drug-likeness (QED) is 0.897. The average Bonchev–Trinajstić information content (AvgIpc) is 2.95. The molecule has 2 atom stereocenters. The van der Waals surface area contributed by atoms with Crippen LogP contribution in [0, 0.1) is 5.41 Å². The smallest absolute Gasteiger partial charge is 0.227 e. The first-order valence-corrected chi connectivity index (χ1v) is 8.22. The molecule has 0 saturated carbocycles. The van der Waals surface area contributed by atoms with Gasteiger partial charge >= 0.3 is 0 Å². The zero-order valence-corrected chi connectivity index (χ0v) is 13.2. The summed E-state index contributed by atoms with van der Waals surface area (Å²) in [7, 11) is 0. The van der Waals surface area contributed by atoms with E-state index in [1.54, 1.807) is 0 Å². The van der Waals surface area contributed by atoms with Gasteiger partial charge in [0.05, 0.1) is 11.5 Å². The number of hydrogen-bond donors (Lipinski definition) is 2. The van der Waals surface area contributed by atoms with E-state index in [0.29, 0.717) is 0 Å². The Balaban J connectivity index is 1.70. The van der Waals surface area contributed by atoms with Gasteiger partial charge in [0.15, 0.2) is 0 Å². The Morgan fingerprint density at radius 2 is 2.05 bits per heavy atom. The van der Waals surface area contributed by atoms with E-state index < -0.39 is 0 Å². The molecule has 0 bridgehead atoms. The highest BCUT2D eigenvalue weighted by Gasteiger charge is 2.36. The lowest BCUT2D eigenvalue weighted by molar-refractivity contribution is -0.129. The van der Waals surface area contributed by atoms with E-state index in [1.807, 2.05) is 0 Å². The Morgan fingerprint density at radius 1 is 1.29 bits per heavy atom. The second kappa shape index (κ2) is 5.80. The molecule has 3 nitrogen and oxygen atoms in total. The number of rotatable bonds is 3. The molecule has 3 rings (SSSR count). The summed E-state index contributed by atoms with van der Waals surface area (Å²) in [5.41, 5.74) is 3.96. The van der Waals surface area contributed by atoms with Gasteiger partial charge in [0.2, 0.25) is 5.91 Å². The van der Waals surface area contributed by atoms with Crippen molar-refractivity contribution in [1.29, 1.82) is 0 Å². The van der Waals surface area contributed by atoms with Crippen LogP contribution in [0.25, 0.3) is 0 Å². The lowest BCUT2D eigenvalue weighted by Gasteiger charge is -2.25. The Labute approximate surface area is 127 Å². The summed E-state index contributed by atoms with van der Waals surface area (Å²) in [6.07, 6.45) is 5.92. The monoisotopic (exact) mass is 286 g/mol. The van der Waals surface area contributed by atoms with Gasteiger partial charge in [0.1, 0.15) is 0 Å². The number of aryl methyl sites for hydroxylation is 2. The Bertz CT molecular complexity index is 532. The standard InChI is InChI=1S/C18H26N2O/c1-13(20-17(21)18(2)9-10-19-12-18)15-8-7-14-5-3-4-6-16(14)11-15/h7-8,11,13,19H,3-6,9-10,12H2,1-2H3,(H,20,21). The van der Waals surface area contributed by atoms with Crippen LogP contribution in [0.5, 0.6) is 0 Å². The predicted molar refractivity (Wildman–Crippen MR) is 85.2 cm³/mol. The maximum absolute atomic E-state index is 12.5. The second-order valence-electron chi connectivity index (χ2n) is 6.92. The zero-order valence-electron chi connectivity index (χ0n) is 13.2. The number of benzene rings is 1. The number of amides is 1. The minimum Gasteiger partial charge on any atom is -0.349 e. The van der Waals surface area contributed by atoms with Crippen LogP contribution in [-0.2, 0) is 17.6 Å². The van der Waals surface area contributed by atoms with Crippen LogP contribution >= 0.6 is 0 Å². The molecule has 0 aromatic heterocycles. The van der Waals surface area contributed by atoms with Crippen molar-refractivity contribution in [2.24, 2.45) is 5.41 Å². The minimum atomic E-state index is -0.248. The highest BCUT2D eigenvalue weighted by molar-refractivity contribution is 5.83. The first-order valence-electron chi connectivity index (χ1n) is 8.22. The SMILES string of the molecule is CC(NC(=O)C1(C)CCNC1)c1ccc2c(c1)CCCC2. The van der Waals surface area contributed by atoms with E-state index in [4.69, 9.17) is 0 Å². The van der Waals surface area contributed by atoms with Crippen LogP contribution in [0.4, 0.5) is 0 Å². The van der Waals surface area contributed by atoms with Crippen LogP contribution in [0.2, 0.25) is 0 Å². The number of carbonyl (C=O) groups is 1. The Hall–Kier alpha value is -1.35. The maximum Gasteiger partial charge on any atom is 0.227 e. The molecule has 2 unspecified atom stereocenters. The van der Waals surface area contributed by atoms with Crippen LogP contribution in [0.15, 0.2) is 18.2 Å². The van der Waals surface area contributed by atoms with E-state index in [9.17, 15) is 4.79 Å². The summed E-state index contributed by atoms with van der Waals surface area (Å²) in [6, 6.07) is 6.83. The topological polar surface area (TPSA) is 41.1 Å². The van der Waals surface area contributed by atoms with Gasteiger partial charge in [-0.05, 0) is 69.2 Å². The lowest BCUT2D eigenvalue weighted by Crippen LogP contribution is -2.41. The molecular weight excluding hydrogens is 260 g/mol. The van der Waals surface area contributed by atoms with Crippen molar-refractivity contribution in [2.75, 3.05) is 13.1 Å². The third-order valence-corrected chi connectivity index (χ3v) is 5.14. The Kier molecular flexibility index (Phi) is 4.03. The van der Waals surface area contributed by atoms with E-state index in [0.717, 1.165) is 19.5 Å². The van der Waals surface area contributed by atoms with E-state index in [-0.39, 0.29) is 17.4 Å². The molecule has 1 amide bonds. The lowest BCUT2D eigenvalue weighted by atomic mass is 9.87. The van der Waals surface area contributed by atoms with Crippen molar-refractivity contribution in [2.45, 2.75) is 52.0 Å². The fourth-order valence-electron chi connectivity index (χ4n) is 3.49. The number of carbonyl (C=O) groups excluding carboxylic acids is 1. The molecule has 1 aromatic rings. The molecule has 1 fully saturated rings. The first-order chi connectivity index (χ1) is 10.1. The average molecular weight is 286 g/mol. The summed E-state index contributed by atoms with van der Waals surface area (Å²) in [4.78, 5) is 12.5. The van der Waals surface area contributed by atoms with Gasteiger partial charge in [-0.1, -0.05) is 18.2 Å². The summed E-state index contributed by atoms with van der Waals surface area (Å²) >= 11 is 0. The van der Waals surface area contributed by atoms with Crippen LogP contribution in [0.1, 0.15) is 55.8 Å². The highest BCUT2D eigenvalue weighted by atomic mass is 16.2. The van der Waals surface area contributed by atoms with Gasteiger partial charge in [-0.2, -0.15) is 0 Å². The number of hydrogen-bond acceptors (Lipinski definition) is 2. The number of nitrogens with one attached hydrogen (secondary N) is 2. The zero-order chi connectivity index (χ0) is 14.9. The third-order valence-electron chi connectivity index (χ3n) is 5.14. The van der Waals surface area contributed by atoms with Crippen molar-refractivity contribution >= 4 is 5.91 Å². The molecule has 1 saturated heterocycles. The summed E-state index contributed by atoms with van der Waals surface area (Å²) < 4.78 is 0. The summed E-state index contributed by atoms with van der Waals surface area (Å²) in [6.45, 7) is 5.88. The third kappa shape index (κ3) is 2.98.